The second kappa shape index (κ2) is 5.00. The molecule has 18 heavy (non-hydrogen) atoms. The molecule has 0 heterocycles. The van der Waals surface area contributed by atoms with E-state index in [-0.39, 0.29) is 0 Å². The van der Waals surface area contributed by atoms with Crippen molar-refractivity contribution in [3.63, 3.8) is 0 Å². The Morgan fingerprint density at radius 2 is 1.50 bits per heavy atom. The molecule has 0 aliphatic heterocycles. The van der Waals surface area contributed by atoms with Crippen molar-refractivity contribution in [2.45, 2.75) is 84.7 Å². The van der Waals surface area contributed by atoms with Crippen molar-refractivity contribution in [3.05, 3.63) is 12.2 Å². The largest absolute Gasteiger partial charge is 0.308 e. The molecule has 0 saturated heterocycles. The quantitative estimate of drug-likeness (QED) is 0.701. The molecule has 0 aromatic rings. The van der Waals surface area contributed by atoms with Gasteiger partial charge in [-0.2, -0.15) is 0 Å². The highest BCUT2D eigenvalue weighted by Gasteiger charge is 2.32. The Hall–Kier alpha value is -0.300. The summed E-state index contributed by atoms with van der Waals surface area (Å²) in [5.74, 6) is 0. The molecule has 0 amide bonds. The molecular weight excluding hydrogens is 218 g/mol. The fourth-order valence-electron chi connectivity index (χ4n) is 3.62. The minimum atomic E-state index is 0.476. The molecule has 104 valence electrons. The van der Waals surface area contributed by atoms with E-state index >= 15 is 0 Å². The van der Waals surface area contributed by atoms with Crippen LogP contribution in [0.4, 0.5) is 0 Å². The molecule has 1 unspecified atom stereocenters. The number of nitrogens with one attached hydrogen (secondary N) is 1. The molecule has 1 atom stereocenters. The third kappa shape index (κ3) is 3.60. The summed E-state index contributed by atoms with van der Waals surface area (Å²) < 4.78 is 0. The van der Waals surface area contributed by atoms with Crippen LogP contribution in [0.2, 0.25) is 0 Å². The van der Waals surface area contributed by atoms with Crippen LogP contribution in [0.5, 0.6) is 0 Å². The fraction of sp³-hybridized carbons (Fsp3) is 0.882. The highest BCUT2D eigenvalue weighted by Crippen LogP contribution is 2.39. The first-order chi connectivity index (χ1) is 8.27. The van der Waals surface area contributed by atoms with E-state index in [1.165, 1.54) is 50.5 Å². The summed E-state index contributed by atoms with van der Waals surface area (Å²) in [5, 5.41) is 3.88. The van der Waals surface area contributed by atoms with E-state index in [1.807, 2.05) is 0 Å². The fourth-order valence-corrected chi connectivity index (χ4v) is 3.62. The van der Waals surface area contributed by atoms with Gasteiger partial charge in [0.25, 0.3) is 0 Å². The summed E-state index contributed by atoms with van der Waals surface area (Å²) in [6.45, 7) is 13.9. The smallest absolute Gasteiger partial charge is 0.0279 e. The summed E-state index contributed by atoms with van der Waals surface area (Å²) in [6.07, 6.45) is 9.25. The van der Waals surface area contributed by atoms with Crippen molar-refractivity contribution < 1.29 is 0 Å². The zero-order chi connectivity index (χ0) is 13.4. The van der Waals surface area contributed by atoms with Crippen molar-refractivity contribution in [2.75, 3.05) is 0 Å². The third-order valence-corrected chi connectivity index (χ3v) is 5.08. The molecule has 0 aromatic heterocycles. The zero-order valence-corrected chi connectivity index (χ0v) is 12.8. The lowest BCUT2D eigenvalue weighted by Crippen LogP contribution is -2.45. The first kappa shape index (κ1) is 14.1. The van der Waals surface area contributed by atoms with Gasteiger partial charge in [-0.1, -0.05) is 39.8 Å². The summed E-state index contributed by atoms with van der Waals surface area (Å²) in [4.78, 5) is 0. The first-order valence-electron chi connectivity index (χ1n) is 7.71. The molecule has 1 heteroatoms. The van der Waals surface area contributed by atoms with Gasteiger partial charge in [-0.15, -0.1) is 0 Å². The summed E-state index contributed by atoms with van der Waals surface area (Å²) >= 11 is 0. The molecule has 2 fully saturated rings. The summed E-state index contributed by atoms with van der Waals surface area (Å²) in [6, 6.07) is 1.32. The molecule has 2 rings (SSSR count). The lowest BCUT2D eigenvalue weighted by molar-refractivity contribution is 0.186. The van der Waals surface area contributed by atoms with Crippen LogP contribution in [0.25, 0.3) is 0 Å². The first-order valence-corrected chi connectivity index (χ1v) is 7.71. The molecule has 0 bridgehead atoms. The van der Waals surface area contributed by atoms with Gasteiger partial charge in [0.05, 0.1) is 0 Å². The maximum absolute atomic E-state index is 4.32. The van der Waals surface area contributed by atoms with Crippen LogP contribution in [0.3, 0.4) is 0 Å². The number of hydrogen-bond donors (Lipinski definition) is 1. The summed E-state index contributed by atoms with van der Waals surface area (Å²) in [7, 11) is 0. The molecule has 0 radical (unpaired) electrons. The predicted octanol–water partition coefficient (Wildman–Crippen LogP) is 4.68. The van der Waals surface area contributed by atoms with E-state index in [4.69, 9.17) is 0 Å². The van der Waals surface area contributed by atoms with E-state index in [1.54, 1.807) is 0 Å². The van der Waals surface area contributed by atoms with Crippen LogP contribution in [-0.2, 0) is 0 Å². The SMILES string of the molecule is C=C1CC(C)(C)CCC1NC1CCC(C)(C)CC1. The minimum Gasteiger partial charge on any atom is -0.308 e. The van der Waals surface area contributed by atoms with Crippen molar-refractivity contribution in [2.24, 2.45) is 10.8 Å². The van der Waals surface area contributed by atoms with Gasteiger partial charge < -0.3 is 5.32 Å². The Morgan fingerprint density at radius 1 is 0.944 bits per heavy atom. The van der Waals surface area contributed by atoms with Crippen molar-refractivity contribution in [3.8, 4) is 0 Å². The van der Waals surface area contributed by atoms with Gasteiger partial charge in [-0.05, 0) is 55.8 Å². The van der Waals surface area contributed by atoms with E-state index in [0.29, 0.717) is 16.9 Å². The van der Waals surface area contributed by atoms with Crippen molar-refractivity contribution in [1.82, 2.24) is 5.32 Å². The second-order valence-corrected chi connectivity index (χ2v) is 8.20. The average molecular weight is 249 g/mol. The standard InChI is InChI=1S/C17H31N/c1-13-12-17(4,5)11-8-15(13)18-14-6-9-16(2,3)10-7-14/h14-15,18H,1,6-12H2,2-5H3. The molecule has 0 spiro atoms. The average Bonchev–Trinajstić information content (AvgIpc) is 2.24. The third-order valence-electron chi connectivity index (χ3n) is 5.08. The van der Waals surface area contributed by atoms with Gasteiger partial charge in [-0.25, -0.2) is 0 Å². The molecule has 0 aromatic carbocycles. The van der Waals surface area contributed by atoms with E-state index in [0.717, 1.165) is 6.04 Å². The van der Waals surface area contributed by atoms with Gasteiger partial charge in [0.2, 0.25) is 0 Å². The highest BCUT2D eigenvalue weighted by atomic mass is 15.0. The predicted molar refractivity (Wildman–Crippen MR) is 79.7 cm³/mol. The molecule has 1 nitrogen and oxygen atoms in total. The maximum Gasteiger partial charge on any atom is 0.0279 e. The van der Waals surface area contributed by atoms with E-state index < -0.39 is 0 Å². The van der Waals surface area contributed by atoms with E-state index in [9.17, 15) is 0 Å². The highest BCUT2D eigenvalue weighted by molar-refractivity contribution is 5.12. The zero-order valence-electron chi connectivity index (χ0n) is 12.8. The van der Waals surface area contributed by atoms with E-state index in [2.05, 4.69) is 39.6 Å². The minimum absolute atomic E-state index is 0.476. The number of rotatable bonds is 2. The molecule has 2 saturated carbocycles. The van der Waals surface area contributed by atoms with Gasteiger partial charge in [-0.3, -0.25) is 0 Å². The van der Waals surface area contributed by atoms with Gasteiger partial charge >= 0.3 is 0 Å². The Bertz CT molecular complexity index is 304. The molecule has 1 N–H and O–H groups in total. The second-order valence-electron chi connectivity index (χ2n) is 8.20. The van der Waals surface area contributed by atoms with Crippen LogP contribution >= 0.6 is 0 Å². The lowest BCUT2D eigenvalue weighted by Gasteiger charge is -2.41. The van der Waals surface area contributed by atoms with Crippen LogP contribution in [0.1, 0.15) is 72.6 Å². The molecular formula is C17H31N. The lowest BCUT2D eigenvalue weighted by atomic mass is 9.72. The molecule has 2 aliphatic carbocycles. The van der Waals surface area contributed by atoms with Gasteiger partial charge in [0.1, 0.15) is 0 Å². The Labute approximate surface area is 113 Å². The Balaban J connectivity index is 1.83. The van der Waals surface area contributed by atoms with Crippen LogP contribution in [-0.4, -0.2) is 12.1 Å². The van der Waals surface area contributed by atoms with Crippen LogP contribution in [0.15, 0.2) is 12.2 Å². The summed E-state index contributed by atoms with van der Waals surface area (Å²) in [5.41, 5.74) is 2.49. The normalized spacial score (nSPS) is 32.4. The van der Waals surface area contributed by atoms with Crippen molar-refractivity contribution in [1.29, 1.82) is 0 Å². The van der Waals surface area contributed by atoms with Crippen molar-refractivity contribution >= 4 is 0 Å². The molecule has 2 aliphatic rings. The topological polar surface area (TPSA) is 12.0 Å². The van der Waals surface area contributed by atoms with Gasteiger partial charge in [0.15, 0.2) is 0 Å². The monoisotopic (exact) mass is 249 g/mol. The maximum atomic E-state index is 4.32. The van der Waals surface area contributed by atoms with Crippen LogP contribution in [0, 0.1) is 10.8 Å². The Kier molecular flexibility index (Phi) is 3.92. The van der Waals surface area contributed by atoms with Crippen LogP contribution < -0.4 is 5.32 Å². The number of hydrogen-bond acceptors (Lipinski definition) is 1. The van der Waals surface area contributed by atoms with Gasteiger partial charge in [0, 0.05) is 12.1 Å². The Morgan fingerprint density at radius 3 is 2.06 bits per heavy atom.